The van der Waals surface area contributed by atoms with Crippen molar-refractivity contribution < 1.29 is 13.2 Å². The van der Waals surface area contributed by atoms with Gasteiger partial charge in [-0.05, 0) is 72.0 Å². The van der Waals surface area contributed by atoms with Gasteiger partial charge in [0.1, 0.15) is 4.21 Å². The van der Waals surface area contributed by atoms with Crippen LogP contribution in [-0.2, 0) is 15.8 Å². The second-order valence-electron chi connectivity index (χ2n) is 7.66. The summed E-state index contributed by atoms with van der Waals surface area (Å²) < 4.78 is 26.9. The minimum absolute atomic E-state index is 0.246. The van der Waals surface area contributed by atoms with Crippen molar-refractivity contribution in [3.63, 3.8) is 0 Å². The molecular formula is C26H24N2O3S3. The molecule has 4 aromatic rings. The molecule has 4 rings (SSSR count). The van der Waals surface area contributed by atoms with Crippen molar-refractivity contribution in [2.24, 2.45) is 0 Å². The molecule has 0 aliphatic rings. The van der Waals surface area contributed by atoms with Crippen LogP contribution in [0.15, 0.2) is 99.4 Å². The molecule has 0 radical (unpaired) electrons. The fourth-order valence-corrected chi connectivity index (χ4v) is 6.56. The normalized spacial score (nSPS) is 11.2. The lowest BCUT2D eigenvalue weighted by Crippen LogP contribution is -2.25. The molecule has 0 saturated carbocycles. The largest absolute Gasteiger partial charge is 0.322 e. The average molecular weight is 509 g/mol. The number of sulfonamides is 1. The van der Waals surface area contributed by atoms with E-state index in [1.807, 2.05) is 37.3 Å². The van der Waals surface area contributed by atoms with Gasteiger partial charge in [-0.2, -0.15) is 0 Å². The van der Waals surface area contributed by atoms with E-state index in [-0.39, 0.29) is 10.1 Å². The summed E-state index contributed by atoms with van der Waals surface area (Å²) in [6.07, 6.45) is 0. The van der Waals surface area contributed by atoms with Crippen molar-refractivity contribution in [1.29, 1.82) is 0 Å². The zero-order valence-corrected chi connectivity index (χ0v) is 21.2. The molecule has 5 nitrogen and oxygen atoms in total. The van der Waals surface area contributed by atoms with Crippen molar-refractivity contribution in [3.05, 3.63) is 107 Å². The minimum Gasteiger partial charge on any atom is -0.322 e. The third-order valence-corrected chi connectivity index (χ3v) is 9.53. The maximum Gasteiger partial charge on any atom is 0.273 e. The molecule has 8 heteroatoms. The van der Waals surface area contributed by atoms with E-state index in [9.17, 15) is 13.2 Å². The highest BCUT2D eigenvalue weighted by Gasteiger charge is 2.22. The van der Waals surface area contributed by atoms with Gasteiger partial charge in [0.15, 0.2) is 0 Å². The minimum atomic E-state index is -3.61. The molecule has 0 aliphatic heterocycles. The van der Waals surface area contributed by atoms with Gasteiger partial charge in [-0.1, -0.05) is 36.4 Å². The molecule has 34 heavy (non-hydrogen) atoms. The number of amides is 1. The lowest BCUT2D eigenvalue weighted by molar-refractivity contribution is 0.102. The zero-order valence-electron chi connectivity index (χ0n) is 18.8. The monoisotopic (exact) mass is 508 g/mol. The van der Waals surface area contributed by atoms with Gasteiger partial charge in [0.25, 0.3) is 15.9 Å². The SMILES string of the molecule is Cc1cc(CSc2ccccc2)ccc1NC(=O)c1ccc(N(C)S(=O)(=O)c2cccs2)cc1. The fraction of sp³-hybridized carbons (Fsp3) is 0.115. The van der Waals surface area contributed by atoms with Gasteiger partial charge in [-0.15, -0.1) is 23.1 Å². The van der Waals surface area contributed by atoms with Gasteiger partial charge >= 0.3 is 0 Å². The second-order valence-corrected chi connectivity index (χ2v) is 11.8. The van der Waals surface area contributed by atoms with Crippen molar-refractivity contribution in [3.8, 4) is 0 Å². The molecule has 0 aliphatic carbocycles. The molecule has 0 spiro atoms. The Morgan fingerprint density at radius 1 is 0.971 bits per heavy atom. The predicted octanol–water partition coefficient (Wildman–Crippen LogP) is 6.43. The van der Waals surface area contributed by atoms with Crippen LogP contribution in [0.1, 0.15) is 21.5 Å². The molecule has 0 atom stereocenters. The van der Waals surface area contributed by atoms with Gasteiger partial charge in [0.2, 0.25) is 0 Å². The number of hydrogen-bond acceptors (Lipinski definition) is 5. The molecule has 174 valence electrons. The van der Waals surface area contributed by atoms with E-state index < -0.39 is 10.0 Å². The van der Waals surface area contributed by atoms with Gasteiger partial charge in [0.05, 0.1) is 5.69 Å². The standard InChI is InChI=1S/C26H24N2O3S3/c1-19-17-20(18-33-23-7-4-3-5-8-23)10-15-24(19)27-26(29)21-11-13-22(14-12-21)28(2)34(30,31)25-9-6-16-32-25/h3-17H,18H2,1-2H3,(H,27,29). The van der Waals surface area contributed by atoms with Crippen molar-refractivity contribution in [2.45, 2.75) is 21.8 Å². The lowest BCUT2D eigenvalue weighted by Gasteiger charge is -2.18. The Balaban J connectivity index is 1.40. The third-order valence-electron chi connectivity index (χ3n) is 5.29. The number of thiophene rings is 1. The lowest BCUT2D eigenvalue weighted by atomic mass is 10.1. The molecule has 1 amide bonds. The van der Waals surface area contributed by atoms with Gasteiger partial charge in [-0.3, -0.25) is 9.10 Å². The number of nitrogens with one attached hydrogen (secondary N) is 1. The first-order valence-electron chi connectivity index (χ1n) is 10.6. The summed E-state index contributed by atoms with van der Waals surface area (Å²) in [6.45, 7) is 1.97. The zero-order chi connectivity index (χ0) is 24.1. The Hall–Kier alpha value is -3.07. The van der Waals surface area contributed by atoms with Crippen LogP contribution in [0.5, 0.6) is 0 Å². The summed E-state index contributed by atoms with van der Waals surface area (Å²) in [6, 6.07) is 26.1. The number of nitrogens with zero attached hydrogens (tertiary/aromatic N) is 1. The Morgan fingerprint density at radius 3 is 2.35 bits per heavy atom. The highest BCUT2D eigenvalue weighted by molar-refractivity contribution is 7.98. The van der Waals surface area contributed by atoms with Crippen LogP contribution >= 0.6 is 23.1 Å². The summed E-state index contributed by atoms with van der Waals surface area (Å²) in [5, 5.41) is 4.68. The van der Waals surface area contributed by atoms with E-state index in [2.05, 4.69) is 23.5 Å². The Labute approximate surface area is 208 Å². The first kappa shape index (κ1) is 24.1. The smallest absolute Gasteiger partial charge is 0.273 e. The molecule has 1 N–H and O–H groups in total. The van der Waals surface area contributed by atoms with Gasteiger partial charge < -0.3 is 5.32 Å². The summed E-state index contributed by atoms with van der Waals surface area (Å²) in [5.74, 6) is 0.604. The quantitative estimate of drug-likeness (QED) is 0.279. The Kier molecular flexibility index (Phi) is 7.41. The number of anilines is 2. The number of carbonyl (C=O) groups is 1. The summed E-state index contributed by atoms with van der Waals surface area (Å²) in [7, 11) is -2.11. The Bertz CT molecular complexity index is 1370. The highest BCUT2D eigenvalue weighted by Crippen LogP contribution is 2.27. The maximum absolute atomic E-state index is 12.8. The summed E-state index contributed by atoms with van der Waals surface area (Å²) >= 11 is 2.94. The number of rotatable bonds is 8. The number of aryl methyl sites for hydroxylation is 1. The Morgan fingerprint density at radius 2 is 1.71 bits per heavy atom. The van der Waals surface area contributed by atoms with Crippen molar-refractivity contribution >= 4 is 50.4 Å². The van der Waals surface area contributed by atoms with Crippen LogP contribution in [-0.4, -0.2) is 21.4 Å². The van der Waals surface area contributed by atoms with Crippen molar-refractivity contribution in [1.82, 2.24) is 0 Å². The molecule has 0 saturated heterocycles. The van der Waals surface area contributed by atoms with Gasteiger partial charge in [-0.25, -0.2) is 8.42 Å². The predicted molar refractivity (Wildman–Crippen MR) is 141 cm³/mol. The van der Waals surface area contributed by atoms with Crippen LogP contribution in [0, 0.1) is 6.92 Å². The van der Waals surface area contributed by atoms with E-state index >= 15 is 0 Å². The van der Waals surface area contributed by atoms with Crippen LogP contribution in [0.2, 0.25) is 0 Å². The highest BCUT2D eigenvalue weighted by atomic mass is 32.2. The molecule has 0 unspecified atom stereocenters. The number of carbonyl (C=O) groups excluding carboxylic acids is 1. The number of hydrogen-bond donors (Lipinski definition) is 1. The first-order chi connectivity index (χ1) is 16.3. The van der Waals surface area contributed by atoms with E-state index in [1.54, 1.807) is 53.5 Å². The molecule has 1 aromatic heterocycles. The summed E-state index contributed by atoms with van der Waals surface area (Å²) in [4.78, 5) is 14.0. The van der Waals surface area contributed by atoms with Crippen molar-refractivity contribution in [2.75, 3.05) is 16.7 Å². The van der Waals surface area contributed by atoms with Crippen LogP contribution in [0.4, 0.5) is 11.4 Å². The van der Waals surface area contributed by atoms with E-state index in [0.29, 0.717) is 11.3 Å². The maximum atomic E-state index is 12.8. The van der Waals surface area contributed by atoms with E-state index in [4.69, 9.17) is 0 Å². The molecule has 0 fully saturated rings. The molecular weight excluding hydrogens is 484 g/mol. The van der Waals surface area contributed by atoms with E-state index in [0.717, 1.165) is 17.0 Å². The molecule has 0 bridgehead atoms. The van der Waals surface area contributed by atoms with Crippen LogP contribution < -0.4 is 9.62 Å². The van der Waals surface area contributed by atoms with E-state index in [1.165, 1.54) is 33.1 Å². The first-order valence-corrected chi connectivity index (χ1v) is 13.9. The van der Waals surface area contributed by atoms with Gasteiger partial charge in [0, 0.05) is 28.9 Å². The fourth-order valence-electron chi connectivity index (χ4n) is 3.34. The molecule has 1 heterocycles. The van der Waals surface area contributed by atoms with Crippen LogP contribution in [0.3, 0.4) is 0 Å². The molecule has 3 aromatic carbocycles. The number of thioether (sulfide) groups is 1. The third kappa shape index (κ3) is 5.52. The van der Waals surface area contributed by atoms with Crippen LogP contribution in [0.25, 0.3) is 0 Å². The number of benzene rings is 3. The topological polar surface area (TPSA) is 66.5 Å². The second kappa shape index (κ2) is 10.5. The average Bonchev–Trinajstić information content (AvgIpc) is 3.40. The summed E-state index contributed by atoms with van der Waals surface area (Å²) in [5.41, 5.74) is 3.86.